The van der Waals surface area contributed by atoms with Crippen molar-refractivity contribution in [2.45, 2.75) is 64.9 Å². The molecule has 188 valence electrons. The molecule has 6 heteroatoms. The molecule has 0 saturated heterocycles. The van der Waals surface area contributed by atoms with Crippen molar-refractivity contribution < 1.29 is 19.1 Å². The first kappa shape index (κ1) is 24.6. The summed E-state index contributed by atoms with van der Waals surface area (Å²) >= 11 is 6.12. The van der Waals surface area contributed by atoms with E-state index < -0.39 is 0 Å². The first-order valence-electron chi connectivity index (χ1n) is 13.0. The molecule has 0 bridgehead atoms. The number of rotatable bonds is 7. The molecule has 0 N–H and O–H groups in total. The fourth-order valence-corrected chi connectivity index (χ4v) is 6.02. The molecule has 0 radical (unpaired) electrons. The SMILES string of the molecule is CCOc1cc(C2C3=C(CCCC3=O)N(CC)C3=C2C(=O)CCC3)ccc1OCc1cccc(Cl)c1. The molecule has 2 aromatic carbocycles. The molecule has 5 rings (SSSR count). The Hall–Kier alpha value is -3.05. The van der Waals surface area contributed by atoms with Crippen LogP contribution in [0.1, 0.15) is 69.4 Å². The second-order valence-electron chi connectivity index (χ2n) is 9.51. The highest BCUT2D eigenvalue weighted by molar-refractivity contribution is 6.30. The number of hydrogen-bond acceptors (Lipinski definition) is 5. The first-order chi connectivity index (χ1) is 17.5. The topological polar surface area (TPSA) is 55.8 Å². The lowest BCUT2D eigenvalue weighted by Gasteiger charge is -2.43. The molecule has 2 aliphatic carbocycles. The number of Topliss-reactive ketones (excluding diaryl/α,β-unsaturated/α-hetero) is 2. The summed E-state index contributed by atoms with van der Waals surface area (Å²) in [7, 11) is 0. The van der Waals surface area contributed by atoms with Gasteiger partial charge in [0, 0.05) is 52.9 Å². The maximum Gasteiger partial charge on any atom is 0.161 e. The van der Waals surface area contributed by atoms with E-state index in [0.717, 1.165) is 65.9 Å². The van der Waals surface area contributed by atoms with E-state index >= 15 is 0 Å². The second kappa shape index (κ2) is 10.5. The van der Waals surface area contributed by atoms with Crippen LogP contribution in [0.5, 0.6) is 11.5 Å². The van der Waals surface area contributed by atoms with Gasteiger partial charge in [0.1, 0.15) is 6.61 Å². The molecule has 0 atom stereocenters. The highest BCUT2D eigenvalue weighted by Gasteiger charge is 2.43. The smallest absolute Gasteiger partial charge is 0.161 e. The Balaban J connectivity index is 1.56. The summed E-state index contributed by atoms with van der Waals surface area (Å²) < 4.78 is 12.1. The zero-order chi connectivity index (χ0) is 25.2. The number of benzene rings is 2. The van der Waals surface area contributed by atoms with Crippen LogP contribution in [-0.4, -0.2) is 29.6 Å². The Morgan fingerprint density at radius 1 is 0.861 bits per heavy atom. The normalized spacial score (nSPS) is 18.4. The minimum absolute atomic E-state index is 0.156. The van der Waals surface area contributed by atoms with Crippen LogP contribution in [0.4, 0.5) is 0 Å². The Labute approximate surface area is 217 Å². The van der Waals surface area contributed by atoms with Gasteiger partial charge in [-0.3, -0.25) is 9.59 Å². The van der Waals surface area contributed by atoms with Gasteiger partial charge in [0.05, 0.1) is 6.61 Å². The number of ketones is 2. The number of ether oxygens (including phenoxy) is 2. The lowest BCUT2D eigenvalue weighted by atomic mass is 9.71. The fraction of sp³-hybridized carbons (Fsp3) is 0.400. The van der Waals surface area contributed by atoms with Gasteiger partial charge in [-0.15, -0.1) is 0 Å². The van der Waals surface area contributed by atoms with Crippen molar-refractivity contribution in [1.29, 1.82) is 0 Å². The van der Waals surface area contributed by atoms with Gasteiger partial charge >= 0.3 is 0 Å². The van der Waals surface area contributed by atoms with Gasteiger partial charge in [-0.2, -0.15) is 0 Å². The molecular formula is C30H32ClNO4. The zero-order valence-electron chi connectivity index (χ0n) is 20.9. The van der Waals surface area contributed by atoms with E-state index in [1.807, 2.05) is 49.4 Å². The molecule has 1 aliphatic heterocycles. The van der Waals surface area contributed by atoms with E-state index in [1.165, 1.54) is 0 Å². The van der Waals surface area contributed by atoms with Crippen molar-refractivity contribution in [3.8, 4) is 11.5 Å². The maximum absolute atomic E-state index is 13.3. The Morgan fingerprint density at radius 3 is 2.17 bits per heavy atom. The average Bonchev–Trinajstić information content (AvgIpc) is 2.87. The molecule has 0 aromatic heterocycles. The van der Waals surface area contributed by atoms with Gasteiger partial charge in [-0.05, 0) is 74.9 Å². The van der Waals surface area contributed by atoms with E-state index in [1.54, 1.807) is 0 Å². The summed E-state index contributed by atoms with van der Waals surface area (Å²) in [5.74, 6) is 1.21. The fourth-order valence-electron chi connectivity index (χ4n) is 5.81. The van der Waals surface area contributed by atoms with Gasteiger partial charge in [-0.25, -0.2) is 0 Å². The number of nitrogens with zero attached hydrogens (tertiary/aromatic N) is 1. The molecule has 1 heterocycles. The van der Waals surface area contributed by atoms with Crippen LogP contribution < -0.4 is 9.47 Å². The van der Waals surface area contributed by atoms with E-state index in [-0.39, 0.29) is 17.5 Å². The summed E-state index contributed by atoms with van der Waals surface area (Å²) in [6.07, 6.45) is 4.52. The molecule has 0 fully saturated rings. The van der Waals surface area contributed by atoms with Crippen molar-refractivity contribution in [2.75, 3.05) is 13.2 Å². The molecule has 0 unspecified atom stereocenters. The summed E-state index contributed by atoms with van der Waals surface area (Å²) in [5.41, 5.74) is 5.68. The summed E-state index contributed by atoms with van der Waals surface area (Å²) in [6.45, 7) is 5.64. The van der Waals surface area contributed by atoms with Crippen LogP contribution in [0.15, 0.2) is 65.0 Å². The number of carbonyl (C=O) groups is 2. The summed E-state index contributed by atoms with van der Waals surface area (Å²) in [4.78, 5) is 28.9. The molecule has 3 aliphatic rings. The van der Waals surface area contributed by atoms with Gasteiger partial charge in [-0.1, -0.05) is 29.8 Å². The standard InChI is InChI=1S/C30H32ClNO4/c1-3-32-22-10-6-12-24(33)29(22)28(30-23(32)11-7-13-25(30)34)20-14-15-26(27(17-20)35-4-2)36-18-19-8-5-9-21(31)16-19/h5,8-9,14-17,28H,3-4,6-7,10-13,18H2,1-2H3. The van der Waals surface area contributed by atoms with E-state index in [9.17, 15) is 9.59 Å². The van der Waals surface area contributed by atoms with Crippen molar-refractivity contribution in [1.82, 2.24) is 4.90 Å². The largest absolute Gasteiger partial charge is 0.490 e. The van der Waals surface area contributed by atoms with Crippen molar-refractivity contribution in [2.24, 2.45) is 0 Å². The Bertz CT molecular complexity index is 1220. The lowest BCUT2D eigenvalue weighted by molar-refractivity contribution is -0.117. The van der Waals surface area contributed by atoms with E-state index in [0.29, 0.717) is 42.6 Å². The Kier molecular flexibility index (Phi) is 7.20. The minimum atomic E-state index is -0.348. The summed E-state index contributed by atoms with van der Waals surface area (Å²) in [6, 6.07) is 13.4. The molecule has 2 aromatic rings. The number of carbonyl (C=O) groups excluding carboxylic acids is 2. The lowest BCUT2D eigenvalue weighted by Crippen LogP contribution is -2.39. The molecule has 0 saturated carbocycles. The van der Waals surface area contributed by atoms with Crippen LogP contribution in [0, 0.1) is 0 Å². The van der Waals surface area contributed by atoms with Crippen LogP contribution >= 0.6 is 11.6 Å². The molecule has 36 heavy (non-hydrogen) atoms. The molecule has 5 nitrogen and oxygen atoms in total. The van der Waals surface area contributed by atoms with Gasteiger partial charge in [0.15, 0.2) is 23.1 Å². The monoisotopic (exact) mass is 505 g/mol. The number of halogens is 1. The van der Waals surface area contributed by atoms with Crippen LogP contribution in [0.2, 0.25) is 5.02 Å². The number of allylic oxidation sites excluding steroid dienone is 4. The van der Waals surface area contributed by atoms with Crippen molar-refractivity contribution in [3.05, 3.63) is 81.2 Å². The van der Waals surface area contributed by atoms with Crippen molar-refractivity contribution >= 4 is 23.2 Å². The third-order valence-electron chi connectivity index (χ3n) is 7.29. The minimum Gasteiger partial charge on any atom is -0.490 e. The van der Waals surface area contributed by atoms with Gasteiger partial charge in [0.2, 0.25) is 0 Å². The van der Waals surface area contributed by atoms with Crippen LogP contribution in [0.25, 0.3) is 0 Å². The van der Waals surface area contributed by atoms with Crippen LogP contribution in [0.3, 0.4) is 0 Å². The van der Waals surface area contributed by atoms with Gasteiger partial charge < -0.3 is 14.4 Å². The molecule has 0 amide bonds. The third-order valence-corrected chi connectivity index (χ3v) is 7.52. The molecule has 0 spiro atoms. The van der Waals surface area contributed by atoms with Crippen molar-refractivity contribution in [3.63, 3.8) is 0 Å². The first-order valence-corrected chi connectivity index (χ1v) is 13.3. The van der Waals surface area contributed by atoms with Gasteiger partial charge in [0.25, 0.3) is 0 Å². The number of hydrogen-bond donors (Lipinski definition) is 0. The maximum atomic E-state index is 13.3. The van der Waals surface area contributed by atoms with E-state index in [4.69, 9.17) is 21.1 Å². The average molecular weight is 506 g/mol. The predicted molar refractivity (Wildman–Crippen MR) is 140 cm³/mol. The van der Waals surface area contributed by atoms with Crippen LogP contribution in [-0.2, 0) is 16.2 Å². The van der Waals surface area contributed by atoms with E-state index in [2.05, 4.69) is 11.8 Å². The zero-order valence-corrected chi connectivity index (χ0v) is 21.7. The third kappa shape index (κ3) is 4.57. The molecular weight excluding hydrogens is 474 g/mol. The highest BCUT2D eigenvalue weighted by Crippen LogP contribution is 2.50. The Morgan fingerprint density at radius 2 is 1.56 bits per heavy atom. The predicted octanol–water partition coefficient (Wildman–Crippen LogP) is 6.75. The highest BCUT2D eigenvalue weighted by atomic mass is 35.5. The second-order valence-corrected chi connectivity index (χ2v) is 9.95. The quantitative estimate of drug-likeness (QED) is 0.416. The summed E-state index contributed by atoms with van der Waals surface area (Å²) in [5, 5.41) is 0.664.